The average Bonchev–Trinajstić information content (AvgIpc) is 3.13. The van der Waals surface area contributed by atoms with Crippen LogP contribution >= 0.6 is 11.6 Å². The van der Waals surface area contributed by atoms with Crippen molar-refractivity contribution in [3.63, 3.8) is 0 Å². The molecule has 0 bridgehead atoms. The van der Waals surface area contributed by atoms with E-state index in [0.717, 1.165) is 29.0 Å². The van der Waals surface area contributed by atoms with Crippen molar-refractivity contribution in [2.45, 2.75) is 42.7 Å². The van der Waals surface area contributed by atoms with Gasteiger partial charge in [0.2, 0.25) is 0 Å². The van der Waals surface area contributed by atoms with Crippen molar-refractivity contribution >= 4 is 29.4 Å². The van der Waals surface area contributed by atoms with Crippen LogP contribution in [0.3, 0.4) is 0 Å². The summed E-state index contributed by atoms with van der Waals surface area (Å²) in [6.07, 6.45) is 1.19. The Labute approximate surface area is 148 Å². The number of aliphatic carboxylic acids is 1. The Hall–Kier alpha value is -2.28. The Kier molecular flexibility index (Phi) is 3.47. The molecule has 0 unspecified atom stereocenters. The molecule has 1 saturated carbocycles. The summed E-state index contributed by atoms with van der Waals surface area (Å²) in [5.74, 6) is -1.16. The van der Waals surface area contributed by atoms with Crippen molar-refractivity contribution in [3.05, 3.63) is 34.9 Å². The van der Waals surface area contributed by atoms with Crippen LogP contribution in [0, 0.1) is 0 Å². The fourth-order valence-electron chi connectivity index (χ4n) is 3.98. The first kappa shape index (κ1) is 16.2. The molecule has 7 nitrogen and oxygen atoms in total. The number of benzene rings is 1. The first-order chi connectivity index (χ1) is 11.9. The Morgan fingerprint density at radius 2 is 1.92 bits per heavy atom. The Morgan fingerprint density at radius 3 is 2.44 bits per heavy atom. The molecule has 1 aromatic rings. The van der Waals surface area contributed by atoms with Gasteiger partial charge in [-0.15, -0.1) is 0 Å². The molecule has 2 atom stereocenters. The Balaban J connectivity index is 1.56. The van der Waals surface area contributed by atoms with E-state index in [2.05, 4.69) is 5.16 Å². The van der Waals surface area contributed by atoms with Crippen molar-refractivity contribution in [2.75, 3.05) is 6.54 Å². The van der Waals surface area contributed by atoms with Gasteiger partial charge in [0.05, 0.1) is 12.3 Å². The van der Waals surface area contributed by atoms with Crippen molar-refractivity contribution < 1.29 is 24.6 Å². The third-order valence-corrected chi connectivity index (χ3v) is 5.72. The van der Waals surface area contributed by atoms with Gasteiger partial charge in [-0.25, -0.2) is 9.59 Å². The van der Waals surface area contributed by atoms with Crippen molar-refractivity contribution in [1.29, 1.82) is 0 Å². The SMILES string of the molecule is O=C(O)[C@@H]1C[C@]2(CC(C3(c4ccc(Cl)cc4)CC3)=NO2)CN1C(=O)O. The minimum absolute atomic E-state index is 0.0169. The van der Waals surface area contributed by atoms with Crippen LogP contribution in [0.4, 0.5) is 4.79 Å². The third-order valence-electron chi connectivity index (χ3n) is 5.47. The number of rotatable bonds is 3. The second-order valence-corrected chi connectivity index (χ2v) is 7.48. The fraction of sp³-hybridized carbons (Fsp3) is 0.471. The molecule has 132 valence electrons. The summed E-state index contributed by atoms with van der Waals surface area (Å²) in [4.78, 5) is 29.3. The van der Waals surface area contributed by atoms with Crippen LogP contribution in [0.2, 0.25) is 5.02 Å². The number of likely N-dealkylation sites (tertiary alicyclic amines) is 1. The fourth-order valence-corrected chi connectivity index (χ4v) is 4.11. The number of nitrogens with zero attached hydrogens (tertiary/aromatic N) is 2. The molecule has 1 spiro atoms. The number of carboxylic acid groups (broad SMARTS) is 2. The maximum Gasteiger partial charge on any atom is 0.408 e. The van der Waals surface area contributed by atoms with Crippen molar-refractivity contribution in [1.82, 2.24) is 4.90 Å². The molecule has 1 amide bonds. The molecule has 2 N–H and O–H groups in total. The zero-order valence-electron chi connectivity index (χ0n) is 13.3. The quantitative estimate of drug-likeness (QED) is 0.859. The zero-order chi connectivity index (χ0) is 17.8. The van der Waals surface area contributed by atoms with Crippen LogP contribution < -0.4 is 0 Å². The van der Waals surface area contributed by atoms with Crippen LogP contribution in [0.1, 0.15) is 31.2 Å². The molecule has 0 radical (unpaired) electrons. The Bertz CT molecular complexity index is 750. The van der Waals surface area contributed by atoms with Crippen LogP contribution in [0.25, 0.3) is 0 Å². The molecule has 2 heterocycles. The molecule has 0 aromatic heterocycles. The predicted octanol–water partition coefficient (Wildman–Crippen LogP) is 2.72. The molecule has 1 saturated heterocycles. The lowest BCUT2D eigenvalue weighted by atomic mass is 9.83. The number of oxime groups is 1. The lowest BCUT2D eigenvalue weighted by molar-refractivity contribution is -0.141. The summed E-state index contributed by atoms with van der Waals surface area (Å²) in [7, 11) is 0. The molecular weight excluding hydrogens is 348 g/mol. The largest absolute Gasteiger partial charge is 0.480 e. The molecule has 1 aromatic carbocycles. The van der Waals surface area contributed by atoms with Gasteiger partial charge in [-0.2, -0.15) is 0 Å². The van der Waals surface area contributed by atoms with E-state index in [1.165, 1.54) is 0 Å². The number of amides is 1. The second kappa shape index (κ2) is 5.36. The van der Waals surface area contributed by atoms with Gasteiger partial charge in [0.1, 0.15) is 6.04 Å². The Morgan fingerprint density at radius 1 is 1.24 bits per heavy atom. The molecular formula is C17H17ClN2O5. The van der Waals surface area contributed by atoms with E-state index in [-0.39, 0.29) is 18.4 Å². The summed E-state index contributed by atoms with van der Waals surface area (Å²) >= 11 is 5.96. The van der Waals surface area contributed by atoms with E-state index in [4.69, 9.17) is 16.4 Å². The molecule has 2 fully saturated rings. The van der Waals surface area contributed by atoms with Gasteiger partial charge >= 0.3 is 12.1 Å². The minimum Gasteiger partial charge on any atom is -0.480 e. The lowest BCUT2D eigenvalue weighted by Crippen LogP contribution is -2.40. The van der Waals surface area contributed by atoms with Gasteiger partial charge in [-0.3, -0.25) is 4.90 Å². The highest BCUT2D eigenvalue weighted by atomic mass is 35.5. The average molecular weight is 365 g/mol. The van der Waals surface area contributed by atoms with E-state index < -0.39 is 23.7 Å². The number of hydrogen-bond acceptors (Lipinski definition) is 4. The lowest BCUT2D eigenvalue weighted by Gasteiger charge is -2.21. The van der Waals surface area contributed by atoms with E-state index in [1.54, 1.807) is 0 Å². The van der Waals surface area contributed by atoms with Gasteiger partial charge in [-0.1, -0.05) is 28.9 Å². The first-order valence-electron chi connectivity index (χ1n) is 8.09. The molecule has 2 aliphatic heterocycles. The number of carboxylic acids is 1. The first-order valence-corrected chi connectivity index (χ1v) is 8.47. The maximum absolute atomic E-state index is 11.4. The second-order valence-electron chi connectivity index (χ2n) is 7.05. The summed E-state index contributed by atoms with van der Waals surface area (Å²) in [5.41, 5.74) is 0.910. The number of hydrogen-bond donors (Lipinski definition) is 2. The van der Waals surface area contributed by atoms with E-state index in [1.807, 2.05) is 24.3 Å². The summed E-state index contributed by atoms with van der Waals surface area (Å²) in [6.45, 7) is 0.0169. The van der Waals surface area contributed by atoms with Crippen LogP contribution in [0.5, 0.6) is 0 Å². The van der Waals surface area contributed by atoms with E-state index >= 15 is 0 Å². The minimum atomic E-state index is -1.25. The van der Waals surface area contributed by atoms with E-state index in [9.17, 15) is 19.8 Å². The normalized spacial score (nSPS) is 29.4. The standard InChI is InChI=1S/C17H17ClN2O5/c18-11-3-1-10(2-4-11)17(5-6-17)13-8-16(25-19-13)7-12(14(21)22)20(9-16)15(23)24/h1-4,12H,5-9H2,(H,21,22)(H,23,24)/t12-,16-/m0/s1. The van der Waals surface area contributed by atoms with Crippen molar-refractivity contribution in [2.24, 2.45) is 5.16 Å². The molecule has 4 rings (SSSR count). The molecule has 1 aliphatic carbocycles. The third kappa shape index (κ3) is 2.54. The van der Waals surface area contributed by atoms with E-state index in [0.29, 0.717) is 11.4 Å². The highest BCUT2D eigenvalue weighted by Crippen LogP contribution is 2.54. The van der Waals surface area contributed by atoms with Gasteiger partial charge in [-0.05, 0) is 30.5 Å². The zero-order valence-corrected chi connectivity index (χ0v) is 14.1. The van der Waals surface area contributed by atoms with Crippen LogP contribution in [-0.4, -0.2) is 51.1 Å². The van der Waals surface area contributed by atoms with Crippen molar-refractivity contribution in [3.8, 4) is 0 Å². The molecule has 3 aliphatic rings. The highest BCUT2D eigenvalue weighted by Gasteiger charge is 2.59. The van der Waals surface area contributed by atoms with Crippen LogP contribution in [0.15, 0.2) is 29.4 Å². The summed E-state index contributed by atoms with van der Waals surface area (Å²) < 4.78 is 0. The predicted molar refractivity (Wildman–Crippen MR) is 89.0 cm³/mol. The maximum atomic E-state index is 11.4. The summed E-state index contributed by atoms with van der Waals surface area (Å²) in [6, 6.07) is 6.52. The smallest absolute Gasteiger partial charge is 0.408 e. The highest BCUT2D eigenvalue weighted by molar-refractivity contribution is 6.30. The molecule has 25 heavy (non-hydrogen) atoms. The monoisotopic (exact) mass is 364 g/mol. The summed E-state index contributed by atoms with van der Waals surface area (Å²) in [5, 5.41) is 23.5. The number of carbonyl (C=O) groups is 2. The van der Waals surface area contributed by atoms with Gasteiger partial charge in [0.15, 0.2) is 5.60 Å². The van der Waals surface area contributed by atoms with Gasteiger partial charge in [0.25, 0.3) is 0 Å². The molecule has 8 heteroatoms. The van der Waals surface area contributed by atoms with Crippen LogP contribution in [-0.2, 0) is 15.0 Å². The van der Waals surface area contributed by atoms with Gasteiger partial charge < -0.3 is 15.1 Å². The number of halogens is 1. The van der Waals surface area contributed by atoms with Gasteiger partial charge in [0, 0.05) is 23.3 Å². The topological polar surface area (TPSA) is 99.4 Å².